The summed E-state index contributed by atoms with van der Waals surface area (Å²) in [4.78, 5) is 27.1. The van der Waals surface area contributed by atoms with Crippen LogP contribution in [0.3, 0.4) is 0 Å². The number of halogens is 4. The quantitative estimate of drug-likeness (QED) is 0.525. The van der Waals surface area contributed by atoms with Crippen LogP contribution in [-0.4, -0.2) is 54.0 Å². The molecule has 0 aromatic heterocycles. The van der Waals surface area contributed by atoms with Gasteiger partial charge in [0.05, 0.1) is 30.9 Å². The summed E-state index contributed by atoms with van der Waals surface area (Å²) in [7, 11) is 0. The number of fused-ring (bicyclic) bond motifs is 2. The average Bonchev–Trinajstić information content (AvgIpc) is 2.59. The lowest BCUT2D eigenvalue weighted by molar-refractivity contribution is -0.274. The molecular formula is C20H23F4NO5. The van der Waals surface area contributed by atoms with E-state index in [4.69, 9.17) is 9.47 Å². The van der Waals surface area contributed by atoms with Gasteiger partial charge in [-0.1, -0.05) is 0 Å². The number of benzene rings is 1. The fourth-order valence-corrected chi connectivity index (χ4v) is 3.85. The van der Waals surface area contributed by atoms with E-state index in [0.717, 1.165) is 18.2 Å². The predicted octanol–water partition coefficient (Wildman–Crippen LogP) is 4.32. The number of hydrogen-bond acceptors (Lipinski definition) is 5. The van der Waals surface area contributed by atoms with Gasteiger partial charge in [0.25, 0.3) is 0 Å². The average molecular weight is 433 g/mol. The van der Waals surface area contributed by atoms with Crippen LogP contribution in [0.2, 0.25) is 0 Å². The molecule has 3 rings (SSSR count). The van der Waals surface area contributed by atoms with Crippen LogP contribution in [-0.2, 0) is 9.47 Å². The van der Waals surface area contributed by atoms with Crippen molar-refractivity contribution in [2.45, 2.75) is 57.7 Å². The molecule has 2 unspecified atom stereocenters. The summed E-state index contributed by atoms with van der Waals surface area (Å²) in [6, 6.07) is 1.46. The van der Waals surface area contributed by atoms with Crippen molar-refractivity contribution in [3.05, 3.63) is 29.6 Å². The lowest BCUT2D eigenvalue weighted by Gasteiger charge is -2.47. The van der Waals surface area contributed by atoms with Gasteiger partial charge in [-0.15, -0.1) is 13.2 Å². The van der Waals surface area contributed by atoms with Gasteiger partial charge in [-0.25, -0.2) is 9.18 Å². The molecule has 30 heavy (non-hydrogen) atoms. The van der Waals surface area contributed by atoms with Gasteiger partial charge in [-0.2, -0.15) is 0 Å². The highest BCUT2D eigenvalue weighted by atomic mass is 19.4. The van der Waals surface area contributed by atoms with Gasteiger partial charge in [0, 0.05) is 5.92 Å². The minimum absolute atomic E-state index is 0.193. The van der Waals surface area contributed by atoms with Crippen LogP contribution in [0, 0.1) is 11.7 Å². The minimum Gasteiger partial charge on any atom is -0.444 e. The van der Waals surface area contributed by atoms with E-state index in [-0.39, 0.29) is 26.1 Å². The van der Waals surface area contributed by atoms with Crippen molar-refractivity contribution < 1.29 is 41.4 Å². The van der Waals surface area contributed by atoms with Crippen LogP contribution in [0.25, 0.3) is 0 Å². The van der Waals surface area contributed by atoms with Crippen molar-refractivity contribution in [1.82, 2.24) is 4.90 Å². The molecule has 1 aromatic rings. The van der Waals surface area contributed by atoms with Gasteiger partial charge in [0.2, 0.25) is 0 Å². The van der Waals surface area contributed by atoms with Crippen LogP contribution in [0.1, 0.15) is 44.0 Å². The first-order valence-corrected chi connectivity index (χ1v) is 9.52. The normalized spacial score (nSPS) is 24.4. The Morgan fingerprint density at radius 1 is 1.10 bits per heavy atom. The Bertz CT molecular complexity index is 806. The molecule has 0 spiro atoms. The zero-order chi connectivity index (χ0) is 22.3. The topological polar surface area (TPSA) is 65.1 Å². The third-order valence-electron chi connectivity index (χ3n) is 4.93. The number of alkyl halides is 3. The number of hydrogen-bond donors (Lipinski definition) is 0. The molecule has 1 aromatic carbocycles. The second-order valence-corrected chi connectivity index (χ2v) is 8.45. The Kier molecular flexibility index (Phi) is 5.99. The van der Waals surface area contributed by atoms with E-state index in [1.54, 1.807) is 25.7 Å². The molecule has 166 valence electrons. The highest BCUT2D eigenvalue weighted by molar-refractivity contribution is 5.98. The molecule has 0 N–H and O–H groups in total. The summed E-state index contributed by atoms with van der Waals surface area (Å²) in [5.74, 6) is -2.88. The molecule has 2 aliphatic rings. The second kappa shape index (κ2) is 8.05. The van der Waals surface area contributed by atoms with E-state index in [9.17, 15) is 27.2 Å². The zero-order valence-electron chi connectivity index (χ0n) is 16.8. The lowest BCUT2D eigenvalue weighted by Crippen LogP contribution is -2.60. The maximum atomic E-state index is 14.2. The molecule has 2 fully saturated rings. The summed E-state index contributed by atoms with van der Waals surface area (Å²) < 4.78 is 66.3. The Morgan fingerprint density at radius 3 is 2.23 bits per heavy atom. The van der Waals surface area contributed by atoms with Crippen LogP contribution in [0.5, 0.6) is 5.75 Å². The molecule has 1 amide bonds. The third-order valence-corrected chi connectivity index (χ3v) is 4.93. The van der Waals surface area contributed by atoms with Crippen LogP contribution < -0.4 is 4.74 Å². The van der Waals surface area contributed by atoms with E-state index in [1.807, 2.05) is 0 Å². The number of rotatable bonds is 3. The van der Waals surface area contributed by atoms with Gasteiger partial charge < -0.3 is 14.2 Å². The van der Waals surface area contributed by atoms with E-state index in [1.165, 1.54) is 0 Å². The molecule has 2 atom stereocenters. The maximum absolute atomic E-state index is 14.2. The molecule has 2 aliphatic heterocycles. The zero-order valence-corrected chi connectivity index (χ0v) is 16.8. The van der Waals surface area contributed by atoms with Crippen LogP contribution in [0.4, 0.5) is 22.4 Å². The van der Waals surface area contributed by atoms with Gasteiger partial charge in [0.15, 0.2) is 5.78 Å². The van der Waals surface area contributed by atoms with Crippen molar-refractivity contribution in [2.24, 2.45) is 5.92 Å². The number of morpholine rings is 1. The van der Waals surface area contributed by atoms with Crippen molar-refractivity contribution in [3.63, 3.8) is 0 Å². The number of carbonyl (C=O) groups excluding carboxylic acids is 2. The smallest absolute Gasteiger partial charge is 0.444 e. The Morgan fingerprint density at radius 2 is 1.70 bits per heavy atom. The number of ketones is 1. The van der Waals surface area contributed by atoms with E-state index >= 15 is 0 Å². The number of carbonyl (C=O) groups is 2. The number of amides is 1. The van der Waals surface area contributed by atoms with E-state index < -0.39 is 59.0 Å². The molecule has 6 nitrogen and oxygen atoms in total. The summed E-state index contributed by atoms with van der Waals surface area (Å²) in [5, 5.41) is 0. The van der Waals surface area contributed by atoms with Crippen molar-refractivity contribution >= 4 is 11.9 Å². The Hall–Kier alpha value is -2.36. The largest absolute Gasteiger partial charge is 0.573 e. The molecule has 0 aliphatic carbocycles. The van der Waals surface area contributed by atoms with E-state index in [0.29, 0.717) is 0 Å². The highest BCUT2D eigenvalue weighted by Crippen LogP contribution is 2.36. The standard InChI is InChI=1S/C20H23F4NO5/c1-19(2,3)30-18(27)25-12-6-11(7-13(25)10-28-9-12)17(26)15-8-14(4-5-16(15)21)29-20(22,23)24/h4-5,8,11-13H,6-7,9-10H2,1-3H3. The first-order valence-electron chi connectivity index (χ1n) is 9.52. The summed E-state index contributed by atoms with van der Waals surface area (Å²) in [5.41, 5.74) is -1.16. The maximum Gasteiger partial charge on any atom is 0.573 e. The van der Waals surface area contributed by atoms with Crippen LogP contribution in [0.15, 0.2) is 18.2 Å². The first-order chi connectivity index (χ1) is 13.8. The molecule has 0 radical (unpaired) electrons. The van der Waals surface area contributed by atoms with Crippen molar-refractivity contribution in [3.8, 4) is 5.75 Å². The molecule has 2 bridgehead atoms. The van der Waals surface area contributed by atoms with E-state index in [2.05, 4.69) is 4.74 Å². The van der Waals surface area contributed by atoms with Gasteiger partial charge >= 0.3 is 12.5 Å². The SMILES string of the molecule is CC(C)(C)OC(=O)N1C2COCC1CC(C(=O)c1cc(OC(F)(F)F)ccc1F)C2. The number of piperidine rings is 1. The van der Waals surface area contributed by atoms with Gasteiger partial charge in [0.1, 0.15) is 17.2 Å². The Labute approximate surface area is 171 Å². The molecular weight excluding hydrogens is 410 g/mol. The summed E-state index contributed by atoms with van der Waals surface area (Å²) >= 11 is 0. The predicted molar refractivity (Wildman–Crippen MR) is 96.6 cm³/mol. The second-order valence-electron chi connectivity index (χ2n) is 8.45. The molecule has 2 saturated heterocycles. The summed E-state index contributed by atoms with van der Waals surface area (Å²) in [6.45, 7) is 5.61. The highest BCUT2D eigenvalue weighted by Gasteiger charge is 2.45. The molecule has 2 heterocycles. The first kappa shape index (κ1) is 22.3. The lowest BCUT2D eigenvalue weighted by atomic mass is 9.80. The summed E-state index contributed by atoms with van der Waals surface area (Å²) in [6.07, 6.45) is -5.08. The number of nitrogens with zero attached hydrogens (tertiary/aromatic N) is 1. The fraction of sp³-hybridized carbons (Fsp3) is 0.600. The monoisotopic (exact) mass is 433 g/mol. The van der Waals surface area contributed by atoms with Gasteiger partial charge in [-0.05, 0) is 51.8 Å². The van der Waals surface area contributed by atoms with Crippen LogP contribution >= 0.6 is 0 Å². The molecule has 0 saturated carbocycles. The molecule has 10 heteroatoms. The van der Waals surface area contributed by atoms with Crippen molar-refractivity contribution in [1.29, 1.82) is 0 Å². The van der Waals surface area contributed by atoms with Gasteiger partial charge in [-0.3, -0.25) is 9.69 Å². The number of Topliss-reactive ketones (excluding diaryl/α,β-unsaturated/α-hetero) is 1. The number of ether oxygens (including phenoxy) is 3. The fourth-order valence-electron chi connectivity index (χ4n) is 3.85. The third kappa shape index (κ3) is 5.21. The minimum atomic E-state index is -4.95. The van der Waals surface area contributed by atoms with Crippen molar-refractivity contribution in [2.75, 3.05) is 13.2 Å². The Balaban J connectivity index is 1.78.